The molecule has 0 unspecified atom stereocenters. The highest BCUT2D eigenvalue weighted by Gasteiger charge is 2.34. The number of fused-ring (bicyclic) bond motifs is 1. The Morgan fingerprint density at radius 3 is 2.37 bits per heavy atom. The molecule has 41 heavy (non-hydrogen) atoms. The lowest BCUT2D eigenvalue weighted by molar-refractivity contribution is -0.130. The molecule has 5 atom stereocenters. The normalized spacial score (nSPS) is 15.7. The van der Waals surface area contributed by atoms with Crippen molar-refractivity contribution in [2.75, 3.05) is 13.1 Å². The van der Waals surface area contributed by atoms with E-state index >= 15 is 0 Å². The van der Waals surface area contributed by atoms with Gasteiger partial charge in [0.15, 0.2) is 0 Å². The Morgan fingerprint density at radius 1 is 1.02 bits per heavy atom. The molecule has 3 aromatic rings. The Balaban J connectivity index is 1.93. The first-order valence-electron chi connectivity index (χ1n) is 14.1. The Kier molecular flexibility index (Phi) is 11.8. The highest BCUT2D eigenvalue weighted by Crippen LogP contribution is 2.25. The van der Waals surface area contributed by atoms with E-state index in [0.717, 1.165) is 22.2 Å². The van der Waals surface area contributed by atoms with Gasteiger partial charge in [0.1, 0.15) is 6.04 Å². The van der Waals surface area contributed by atoms with Crippen molar-refractivity contribution in [3.8, 4) is 0 Å². The molecule has 0 aliphatic heterocycles. The number of hydrogen-bond donors (Lipinski definition) is 3. The van der Waals surface area contributed by atoms with Gasteiger partial charge in [-0.05, 0) is 42.0 Å². The maximum Gasteiger partial charge on any atom is 0.243 e. The predicted molar refractivity (Wildman–Crippen MR) is 163 cm³/mol. The predicted octanol–water partition coefficient (Wildman–Crippen LogP) is 3.97. The van der Waals surface area contributed by atoms with Gasteiger partial charge in [-0.1, -0.05) is 70.9 Å². The molecule has 0 saturated heterocycles. The molecule has 9 nitrogen and oxygen atoms in total. The average Bonchev–Trinajstić information content (AvgIpc) is 3.43. The summed E-state index contributed by atoms with van der Waals surface area (Å²) in [6.07, 6.45) is 0.480. The summed E-state index contributed by atoms with van der Waals surface area (Å²) in [5.74, 6) is -0.839. The van der Waals surface area contributed by atoms with E-state index in [1.807, 2.05) is 58.0 Å². The quantitative estimate of drug-likeness (QED) is 0.242. The number of thiazole rings is 1. The minimum Gasteiger partial charge on any atom is -0.390 e. The summed E-state index contributed by atoms with van der Waals surface area (Å²) >= 11 is 1.36. The van der Waals surface area contributed by atoms with Crippen LogP contribution in [0.15, 0.2) is 58.9 Å². The smallest absolute Gasteiger partial charge is 0.243 e. The standard InChI is InChI=1S/C30H42N4O5S2/c1-6-20(3)17-34(41(38,39)24-13-14-25-28(16-24)40-19-31-25)18-27(36)26(15-23-11-9-8-10-12-23)33-30(37)29(21(4)7-2)32-22(5)35/h8-14,16,19-21,26-27,29,36H,6-7,15,17-18H2,1-5H3,(H,32,35)(H,33,37)/t20-,21-,26-,27+,29-/m0/s1. The number of aliphatic hydroxyl groups is 1. The molecule has 0 saturated carbocycles. The zero-order chi connectivity index (χ0) is 30.2. The molecular formula is C30H42N4O5S2. The average molecular weight is 603 g/mol. The van der Waals surface area contributed by atoms with Gasteiger partial charge in [-0.3, -0.25) is 9.59 Å². The van der Waals surface area contributed by atoms with Crippen molar-refractivity contribution in [2.45, 2.75) is 77.0 Å². The molecule has 0 spiro atoms. The van der Waals surface area contributed by atoms with Crippen molar-refractivity contribution in [2.24, 2.45) is 11.8 Å². The van der Waals surface area contributed by atoms with Crippen molar-refractivity contribution >= 4 is 43.4 Å². The fourth-order valence-electron chi connectivity index (χ4n) is 4.57. The number of hydrogen-bond acceptors (Lipinski definition) is 7. The van der Waals surface area contributed by atoms with Crippen LogP contribution in [0.3, 0.4) is 0 Å². The SMILES string of the molecule is CC[C@H](C)CN(C[C@@H](O)[C@H](Cc1ccccc1)NC(=O)[C@@H](NC(C)=O)[C@@H](C)CC)S(=O)(=O)c1ccc2ncsc2c1. The molecule has 0 bridgehead atoms. The fraction of sp³-hybridized carbons (Fsp3) is 0.500. The number of nitrogens with zero attached hydrogens (tertiary/aromatic N) is 2. The van der Waals surface area contributed by atoms with Gasteiger partial charge in [-0.25, -0.2) is 13.4 Å². The van der Waals surface area contributed by atoms with Crippen LogP contribution in [-0.2, 0) is 26.0 Å². The van der Waals surface area contributed by atoms with Crippen LogP contribution in [0.4, 0.5) is 0 Å². The van der Waals surface area contributed by atoms with E-state index in [9.17, 15) is 23.1 Å². The third-order valence-electron chi connectivity index (χ3n) is 7.49. The van der Waals surface area contributed by atoms with Crippen molar-refractivity contribution < 1.29 is 23.1 Å². The van der Waals surface area contributed by atoms with E-state index in [0.29, 0.717) is 6.42 Å². The topological polar surface area (TPSA) is 129 Å². The summed E-state index contributed by atoms with van der Waals surface area (Å²) in [7, 11) is -3.97. The van der Waals surface area contributed by atoms with Crippen LogP contribution >= 0.6 is 11.3 Å². The van der Waals surface area contributed by atoms with Crippen LogP contribution in [0.25, 0.3) is 10.2 Å². The molecule has 2 amide bonds. The maximum atomic E-state index is 13.9. The molecule has 1 aromatic heterocycles. The van der Waals surface area contributed by atoms with Gasteiger partial charge < -0.3 is 15.7 Å². The van der Waals surface area contributed by atoms with E-state index in [1.54, 1.807) is 23.7 Å². The third kappa shape index (κ3) is 8.81. The second kappa shape index (κ2) is 14.9. The van der Waals surface area contributed by atoms with Crippen LogP contribution in [0.5, 0.6) is 0 Å². The molecule has 3 rings (SSSR count). The van der Waals surface area contributed by atoms with Crippen LogP contribution < -0.4 is 10.6 Å². The first-order valence-corrected chi connectivity index (χ1v) is 16.4. The van der Waals surface area contributed by atoms with Crippen LogP contribution in [0.2, 0.25) is 0 Å². The van der Waals surface area contributed by atoms with Gasteiger partial charge in [0.2, 0.25) is 21.8 Å². The van der Waals surface area contributed by atoms with Crippen molar-refractivity contribution in [3.63, 3.8) is 0 Å². The number of benzene rings is 2. The lowest BCUT2D eigenvalue weighted by Gasteiger charge is -2.32. The molecule has 2 aromatic carbocycles. The monoisotopic (exact) mass is 602 g/mol. The number of aliphatic hydroxyl groups excluding tert-OH is 1. The maximum absolute atomic E-state index is 13.9. The van der Waals surface area contributed by atoms with E-state index < -0.39 is 34.1 Å². The number of rotatable bonds is 15. The highest BCUT2D eigenvalue weighted by atomic mass is 32.2. The minimum atomic E-state index is -3.97. The van der Waals surface area contributed by atoms with E-state index in [1.165, 1.54) is 22.6 Å². The molecular weight excluding hydrogens is 560 g/mol. The zero-order valence-electron chi connectivity index (χ0n) is 24.4. The molecule has 0 aliphatic rings. The number of carbonyl (C=O) groups is 2. The van der Waals surface area contributed by atoms with Gasteiger partial charge in [0, 0.05) is 20.0 Å². The third-order valence-corrected chi connectivity index (χ3v) is 10.1. The van der Waals surface area contributed by atoms with Crippen LogP contribution in [-0.4, -0.2) is 65.9 Å². The van der Waals surface area contributed by atoms with Gasteiger partial charge >= 0.3 is 0 Å². The van der Waals surface area contributed by atoms with Crippen molar-refractivity contribution in [1.82, 2.24) is 19.9 Å². The van der Waals surface area contributed by atoms with Gasteiger partial charge in [0.05, 0.1) is 32.8 Å². The Morgan fingerprint density at radius 2 is 1.73 bits per heavy atom. The Hall–Kier alpha value is -2.86. The van der Waals surface area contributed by atoms with E-state index in [2.05, 4.69) is 15.6 Å². The van der Waals surface area contributed by atoms with Gasteiger partial charge in [-0.15, -0.1) is 11.3 Å². The summed E-state index contributed by atoms with van der Waals surface area (Å²) in [5, 5.41) is 17.2. The molecule has 11 heteroatoms. The fourth-order valence-corrected chi connectivity index (χ4v) is 6.97. The first-order chi connectivity index (χ1) is 19.5. The second-order valence-corrected chi connectivity index (χ2v) is 13.6. The molecule has 1 heterocycles. The Labute approximate surface area is 247 Å². The van der Waals surface area contributed by atoms with E-state index in [-0.39, 0.29) is 42.1 Å². The molecule has 3 N–H and O–H groups in total. The number of nitrogens with one attached hydrogen (secondary N) is 2. The molecule has 0 aliphatic carbocycles. The molecule has 224 valence electrons. The van der Waals surface area contributed by atoms with Crippen LogP contribution in [0.1, 0.15) is 53.0 Å². The minimum absolute atomic E-state index is 0.0424. The summed E-state index contributed by atoms with van der Waals surface area (Å²) in [5.41, 5.74) is 3.28. The summed E-state index contributed by atoms with van der Waals surface area (Å²) in [6, 6.07) is 12.7. The summed E-state index contributed by atoms with van der Waals surface area (Å²) in [4.78, 5) is 29.7. The lowest BCUT2D eigenvalue weighted by atomic mass is 9.96. The molecule has 0 fully saturated rings. The number of aromatic nitrogens is 1. The zero-order valence-corrected chi connectivity index (χ0v) is 26.0. The number of sulfonamides is 1. The van der Waals surface area contributed by atoms with Crippen molar-refractivity contribution in [3.05, 3.63) is 59.6 Å². The second-order valence-electron chi connectivity index (χ2n) is 10.8. The van der Waals surface area contributed by atoms with Gasteiger partial charge in [0.25, 0.3) is 0 Å². The van der Waals surface area contributed by atoms with E-state index in [4.69, 9.17) is 0 Å². The van der Waals surface area contributed by atoms with Gasteiger partial charge in [-0.2, -0.15) is 4.31 Å². The first kappa shape index (κ1) is 32.7. The van der Waals surface area contributed by atoms with Crippen molar-refractivity contribution in [1.29, 1.82) is 0 Å². The highest BCUT2D eigenvalue weighted by molar-refractivity contribution is 7.89. The Bertz CT molecular complexity index is 1400. The summed E-state index contributed by atoms with van der Waals surface area (Å²) in [6.45, 7) is 9.14. The number of carbonyl (C=O) groups excluding carboxylic acids is 2. The largest absolute Gasteiger partial charge is 0.390 e. The molecule has 0 radical (unpaired) electrons. The number of amides is 2. The summed E-state index contributed by atoms with van der Waals surface area (Å²) < 4.78 is 29.9. The van der Waals surface area contributed by atoms with Crippen LogP contribution in [0, 0.1) is 11.8 Å². The lowest BCUT2D eigenvalue weighted by Crippen LogP contribution is -2.57.